The Morgan fingerprint density at radius 1 is 0.947 bits per heavy atom. The summed E-state index contributed by atoms with van der Waals surface area (Å²) in [7, 11) is 0. The van der Waals surface area contributed by atoms with E-state index in [9.17, 15) is 4.79 Å². The molecule has 2 aliphatic rings. The first-order valence-corrected chi connectivity index (χ1v) is 14.2. The predicted molar refractivity (Wildman–Crippen MR) is 156 cm³/mol. The lowest BCUT2D eigenvalue weighted by Crippen LogP contribution is -2.38. The number of para-hydroxylation sites is 1. The summed E-state index contributed by atoms with van der Waals surface area (Å²) in [4.78, 5) is 16.4. The third kappa shape index (κ3) is 4.79. The highest BCUT2D eigenvalue weighted by molar-refractivity contribution is 5.87. The second-order valence-corrected chi connectivity index (χ2v) is 13.1. The van der Waals surface area contributed by atoms with Crippen molar-refractivity contribution in [2.24, 2.45) is 10.8 Å². The average Bonchev–Trinajstić information content (AvgIpc) is 3.36. The maximum atomic E-state index is 14.1. The summed E-state index contributed by atoms with van der Waals surface area (Å²) in [6, 6.07) is 28.5. The first-order chi connectivity index (χ1) is 18.2. The van der Waals surface area contributed by atoms with E-state index in [1.807, 2.05) is 0 Å². The molecule has 3 aromatic carbocycles. The maximum absolute atomic E-state index is 14.1. The summed E-state index contributed by atoms with van der Waals surface area (Å²) in [6.45, 7) is 11.0. The average molecular weight is 505 g/mol. The van der Waals surface area contributed by atoms with Crippen LogP contribution < -0.4 is 0 Å². The van der Waals surface area contributed by atoms with Gasteiger partial charge >= 0.3 is 0 Å². The topological polar surface area (TPSA) is 25.2 Å². The van der Waals surface area contributed by atoms with E-state index in [2.05, 4.69) is 122 Å². The molecule has 6 rings (SSSR count). The molecule has 4 aromatic rings. The van der Waals surface area contributed by atoms with Crippen LogP contribution in [0.4, 0.5) is 0 Å². The van der Waals surface area contributed by atoms with E-state index >= 15 is 0 Å². The van der Waals surface area contributed by atoms with Crippen molar-refractivity contribution in [2.45, 2.75) is 71.9 Å². The number of carbonyl (C=O) groups excluding carboxylic acids is 1. The normalized spacial score (nSPS) is 23.1. The molecular weight excluding hydrogens is 464 g/mol. The van der Waals surface area contributed by atoms with Crippen molar-refractivity contribution >= 4 is 16.8 Å². The first-order valence-electron chi connectivity index (χ1n) is 14.2. The lowest BCUT2D eigenvalue weighted by Gasteiger charge is -2.39. The summed E-state index contributed by atoms with van der Waals surface area (Å²) in [5, 5.41) is 1.25. The van der Waals surface area contributed by atoms with Crippen LogP contribution in [0.25, 0.3) is 10.9 Å². The van der Waals surface area contributed by atoms with Gasteiger partial charge in [-0.05, 0) is 59.8 Å². The lowest BCUT2D eigenvalue weighted by atomic mass is 9.65. The van der Waals surface area contributed by atoms with Gasteiger partial charge in [0.25, 0.3) is 0 Å². The molecule has 3 atom stereocenters. The molecule has 2 heterocycles. The van der Waals surface area contributed by atoms with Crippen LogP contribution in [0.2, 0.25) is 0 Å². The fourth-order valence-corrected chi connectivity index (χ4v) is 7.80. The van der Waals surface area contributed by atoms with E-state index in [4.69, 9.17) is 0 Å². The van der Waals surface area contributed by atoms with Crippen LogP contribution in [-0.2, 0) is 11.3 Å². The lowest BCUT2D eigenvalue weighted by molar-refractivity contribution is -0.132. The van der Waals surface area contributed by atoms with Crippen LogP contribution in [0.3, 0.4) is 0 Å². The Labute approximate surface area is 227 Å². The number of benzene rings is 3. The zero-order chi connectivity index (χ0) is 26.5. The van der Waals surface area contributed by atoms with Gasteiger partial charge in [0.05, 0.1) is 0 Å². The Kier molecular flexibility index (Phi) is 6.21. The van der Waals surface area contributed by atoms with E-state index < -0.39 is 0 Å². The molecule has 0 N–H and O–H groups in total. The van der Waals surface area contributed by atoms with Gasteiger partial charge in [0.2, 0.25) is 5.91 Å². The maximum Gasteiger partial charge on any atom is 0.223 e. The summed E-state index contributed by atoms with van der Waals surface area (Å²) < 4.78 is 2.36. The molecule has 3 heteroatoms. The standard InChI is InChI=1S/C35H40N2O/c1-25-11-10-14-27(17-25)30(18-33(38)37-24-35(4)20-28(37)19-34(2,3)23-35)31-22-36(21-26-12-6-5-7-13-26)32-16-9-8-15-29(31)32/h5-17,22,28,30H,18-21,23-24H2,1-4H3. The van der Waals surface area contributed by atoms with Crippen molar-refractivity contribution in [1.82, 2.24) is 9.47 Å². The highest BCUT2D eigenvalue weighted by atomic mass is 16.2. The highest BCUT2D eigenvalue weighted by Gasteiger charge is 2.51. The van der Waals surface area contributed by atoms with E-state index in [1.54, 1.807) is 0 Å². The number of nitrogens with zero attached hydrogens (tertiary/aromatic N) is 2. The van der Waals surface area contributed by atoms with Gasteiger partial charge in [-0.25, -0.2) is 0 Å². The van der Waals surface area contributed by atoms with Gasteiger partial charge in [0, 0.05) is 48.6 Å². The van der Waals surface area contributed by atoms with Gasteiger partial charge in [-0.15, -0.1) is 0 Å². The van der Waals surface area contributed by atoms with E-state index in [0.717, 1.165) is 25.9 Å². The minimum Gasteiger partial charge on any atom is -0.343 e. The quantitative estimate of drug-likeness (QED) is 0.262. The van der Waals surface area contributed by atoms with Crippen LogP contribution in [0.15, 0.2) is 85.1 Å². The minimum absolute atomic E-state index is 0.0191. The van der Waals surface area contributed by atoms with E-state index in [-0.39, 0.29) is 11.3 Å². The van der Waals surface area contributed by atoms with Gasteiger partial charge < -0.3 is 9.47 Å². The fourth-order valence-electron chi connectivity index (χ4n) is 7.80. The van der Waals surface area contributed by atoms with Crippen LogP contribution in [0.1, 0.15) is 74.6 Å². The number of amides is 1. The molecule has 1 aliphatic heterocycles. The molecule has 2 bridgehead atoms. The summed E-state index contributed by atoms with van der Waals surface area (Å²) in [6.07, 6.45) is 6.28. The van der Waals surface area contributed by atoms with E-state index in [0.29, 0.717) is 23.8 Å². The predicted octanol–water partition coefficient (Wildman–Crippen LogP) is 7.95. The number of aryl methyl sites for hydroxylation is 1. The van der Waals surface area contributed by atoms with Crippen LogP contribution >= 0.6 is 0 Å². The van der Waals surface area contributed by atoms with Crippen molar-refractivity contribution in [2.75, 3.05) is 6.54 Å². The molecule has 196 valence electrons. The van der Waals surface area contributed by atoms with Gasteiger partial charge in [0.1, 0.15) is 0 Å². The number of fused-ring (bicyclic) bond motifs is 3. The number of likely N-dealkylation sites (tertiary alicyclic amines) is 1. The Hall–Kier alpha value is -3.33. The Bertz CT molecular complexity index is 1470. The Morgan fingerprint density at radius 3 is 2.50 bits per heavy atom. The molecule has 0 spiro atoms. The van der Waals surface area contributed by atoms with Crippen molar-refractivity contribution in [1.29, 1.82) is 0 Å². The molecule has 3 nitrogen and oxygen atoms in total. The van der Waals surface area contributed by atoms with E-state index in [1.165, 1.54) is 39.6 Å². The molecule has 1 aromatic heterocycles. The highest BCUT2D eigenvalue weighted by Crippen LogP contribution is 2.53. The largest absolute Gasteiger partial charge is 0.343 e. The molecule has 1 amide bonds. The zero-order valence-corrected chi connectivity index (χ0v) is 23.3. The third-order valence-corrected chi connectivity index (χ3v) is 8.95. The molecule has 38 heavy (non-hydrogen) atoms. The molecule has 1 saturated carbocycles. The fraction of sp³-hybridized carbons (Fsp3) is 0.400. The number of rotatable bonds is 6. The number of carbonyl (C=O) groups is 1. The van der Waals surface area contributed by atoms with Crippen LogP contribution in [-0.4, -0.2) is 28.0 Å². The Balaban J connectivity index is 1.39. The number of aromatic nitrogens is 1. The minimum atomic E-state index is 0.0191. The molecule has 0 radical (unpaired) electrons. The Morgan fingerprint density at radius 2 is 1.71 bits per heavy atom. The van der Waals surface area contributed by atoms with Crippen LogP contribution in [0.5, 0.6) is 0 Å². The third-order valence-electron chi connectivity index (χ3n) is 8.95. The smallest absolute Gasteiger partial charge is 0.223 e. The summed E-state index contributed by atoms with van der Waals surface area (Å²) in [5.41, 5.74) is 6.77. The second-order valence-electron chi connectivity index (χ2n) is 13.1. The number of hydrogen-bond acceptors (Lipinski definition) is 1. The second kappa shape index (κ2) is 9.45. The zero-order valence-electron chi connectivity index (χ0n) is 23.3. The van der Waals surface area contributed by atoms with Crippen molar-refractivity contribution in [3.63, 3.8) is 0 Å². The van der Waals surface area contributed by atoms with Crippen molar-refractivity contribution < 1.29 is 4.79 Å². The first kappa shape index (κ1) is 25.0. The number of hydrogen-bond donors (Lipinski definition) is 0. The van der Waals surface area contributed by atoms with Gasteiger partial charge in [-0.2, -0.15) is 0 Å². The van der Waals surface area contributed by atoms with Gasteiger partial charge in [0.15, 0.2) is 0 Å². The molecular formula is C35H40N2O. The van der Waals surface area contributed by atoms with Gasteiger partial charge in [-0.3, -0.25) is 4.79 Å². The monoisotopic (exact) mass is 504 g/mol. The van der Waals surface area contributed by atoms with Crippen molar-refractivity contribution in [3.8, 4) is 0 Å². The molecule has 1 saturated heterocycles. The SMILES string of the molecule is Cc1cccc(C(CC(=O)N2CC3(C)CC2CC(C)(C)C3)c2cn(Cc3ccccc3)c3ccccc23)c1. The van der Waals surface area contributed by atoms with Crippen LogP contribution in [0, 0.1) is 17.8 Å². The van der Waals surface area contributed by atoms with Gasteiger partial charge in [-0.1, -0.05) is 99.1 Å². The summed E-state index contributed by atoms with van der Waals surface area (Å²) in [5.74, 6) is 0.327. The summed E-state index contributed by atoms with van der Waals surface area (Å²) >= 11 is 0. The molecule has 2 fully saturated rings. The molecule has 3 unspecified atom stereocenters. The molecule has 1 aliphatic carbocycles. The van der Waals surface area contributed by atoms with Crippen molar-refractivity contribution in [3.05, 3.63) is 107 Å².